The number of nitrogens with one attached hydrogen (secondary N) is 1. The van der Waals surface area contributed by atoms with Gasteiger partial charge in [0.2, 0.25) is 6.10 Å². The average Bonchev–Trinajstić information content (AvgIpc) is 3.18. The number of hydrogen-bond donors (Lipinski definition) is 2. The number of aromatic nitrogens is 2. The molecule has 0 radical (unpaired) electrons. The van der Waals surface area contributed by atoms with E-state index in [1.165, 1.54) is 0 Å². The lowest BCUT2D eigenvalue weighted by Gasteiger charge is -2.07. The number of para-hydroxylation sites is 1. The number of oxime groups is 1. The lowest BCUT2D eigenvalue weighted by Crippen LogP contribution is -2.27. The number of anilines is 1. The highest BCUT2D eigenvalue weighted by atomic mass is 16.6. The first kappa shape index (κ1) is 15.1. The van der Waals surface area contributed by atoms with Gasteiger partial charge in [0.1, 0.15) is 5.75 Å². The fraction of sp³-hybridized carbons (Fsp3) is 0.312. The van der Waals surface area contributed by atoms with Crippen molar-refractivity contribution >= 4 is 17.3 Å². The number of carbonyl (C=O) groups is 1. The van der Waals surface area contributed by atoms with Gasteiger partial charge in [-0.1, -0.05) is 24.2 Å². The van der Waals surface area contributed by atoms with Gasteiger partial charge in [0.15, 0.2) is 0 Å². The highest BCUT2D eigenvalue weighted by Gasteiger charge is 2.30. The molecular weight excluding hydrogens is 296 g/mol. The summed E-state index contributed by atoms with van der Waals surface area (Å²) < 4.78 is 1.77. The van der Waals surface area contributed by atoms with Gasteiger partial charge in [0, 0.05) is 24.7 Å². The number of aromatic hydroxyl groups is 1. The van der Waals surface area contributed by atoms with E-state index < -0.39 is 6.10 Å². The number of carbonyl (C=O) groups excluding carboxylic acids is 1. The second kappa shape index (κ2) is 6.51. The van der Waals surface area contributed by atoms with E-state index >= 15 is 0 Å². The van der Waals surface area contributed by atoms with Crippen molar-refractivity contribution in [1.82, 2.24) is 9.78 Å². The molecule has 1 atom stereocenters. The van der Waals surface area contributed by atoms with Gasteiger partial charge < -0.3 is 15.3 Å². The summed E-state index contributed by atoms with van der Waals surface area (Å²) in [5, 5.41) is 20.7. The van der Waals surface area contributed by atoms with Crippen molar-refractivity contribution in [2.45, 2.75) is 32.4 Å². The largest absolute Gasteiger partial charge is 0.507 e. The molecule has 120 valence electrons. The number of nitrogens with zero attached hydrogens (tertiary/aromatic N) is 3. The standard InChI is InChI=1S/C16H18N4O3/c1-2-7-20-10-11(9-17-20)18-16(22)15-8-13(19-23-15)12-5-3-4-6-14(12)21/h3-6,9-10,15,21H,2,7-8H2,1H3,(H,18,22)/t15-/m1/s1. The van der Waals surface area contributed by atoms with Crippen LogP contribution in [0.3, 0.4) is 0 Å². The summed E-state index contributed by atoms with van der Waals surface area (Å²) >= 11 is 0. The first-order valence-corrected chi connectivity index (χ1v) is 7.51. The topological polar surface area (TPSA) is 88.7 Å². The average molecular weight is 314 g/mol. The number of aryl methyl sites for hydroxylation is 1. The molecule has 2 N–H and O–H groups in total. The van der Waals surface area contributed by atoms with Crippen LogP contribution >= 0.6 is 0 Å². The Labute approximate surface area is 133 Å². The molecule has 2 aromatic rings. The highest BCUT2D eigenvalue weighted by molar-refractivity contribution is 6.07. The van der Waals surface area contributed by atoms with E-state index in [1.54, 1.807) is 41.3 Å². The second-order valence-corrected chi connectivity index (χ2v) is 5.33. The molecule has 7 nitrogen and oxygen atoms in total. The van der Waals surface area contributed by atoms with Crippen LogP contribution in [0.15, 0.2) is 41.8 Å². The van der Waals surface area contributed by atoms with Crippen LogP contribution < -0.4 is 5.32 Å². The smallest absolute Gasteiger partial charge is 0.268 e. The van der Waals surface area contributed by atoms with Gasteiger partial charge in [-0.2, -0.15) is 5.10 Å². The van der Waals surface area contributed by atoms with Crippen LogP contribution in [0.25, 0.3) is 0 Å². The molecule has 3 rings (SSSR count). The molecule has 2 heterocycles. The summed E-state index contributed by atoms with van der Waals surface area (Å²) in [4.78, 5) is 17.4. The van der Waals surface area contributed by atoms with E-state index in [4.69, 9.17) is 4.84 Å². The summed E-state index contributed by atoms with van der Waals surface area (Å²) in [7, 11) is 0. The molecule has 0 fully saturated rings. The number of rotatable bonds is 5. The molecule has 1 aromatic heterocycles. The van der Waals surface area contributed by atoms with Gasteiger partial charge >= 0.3 is 0 Å². The molecule has 0 aliphatic carbocycles. The Kier molecular flexibility index (Phi) is 4.27. The van der Waals surface area contributed by atoms with Crippen molar-refractivity contribution in [2.75, 3.05) is 5.32 Å². The zero-order valence-electron chi connectivity index (χ0n) is 12.8. The Bertz CT molecular complexity index is 738. The van der Waals surface area contributed by atoms with E-state index in [1.807, 2.05) is 0 Å². The molecular formula is C16H18N4O3. The molecule has 0 saturated heterocycles. The molecule has 7 heteroatoms. The van der Waals surface area contributed by atoms with Crippen LogP contribution in [0.1, 0.15) is 25.3 Å². The fourth-order valence-electron chi connectivity index (χ4n) is 2.40. The van der Waals surface area contributed by atoms with Crippen LogP contribution in [-0.2, 0) is 16.2 Å². The minimum Gasteiger partial charge on any atom is -0.507 e. The molecule has 23 heavy (non-hydrogen) atoms. The van der Waals surface area contributed by atoms with Gasteiger partial charge in [-0.3, -0.25) is 9.48 Å². The summed E-state index contributed by atoms with van der Waals surface area (Å²) in [5.74, 6) is -0.160. The van der Waals surface area contributed by atoms with Crippen molar-refractivity contribution in [3.8, 4) is 5.75 Å². The maximum Gasteiger partial charge on any atom is 0.268 e. The van der Waals surface area contributed by atoms with Gasteiger partial charge in [0.25, 0.3) is 5.91 Å². The number of benzene rings is 1. The quantitative estimate of drug-likeness (QED) is 0.885. The Morgan fingerprint density at radius 2 is 2.30 bits per heavy atom. The molecule has 1 aliphatic heterocycles. The molecule has 0 saturated carbocycles. The van der Waals surface area contributed by atoms with Gasteiger partial charge in [-0.15, -0.1) is 0 Å². The predicted molar refractivity (Wildman–Crippen MR) is 85.3 cm³/mol. The number of amides is 1. The zero-order chi connectivity index (χ0) is 16.2. The lowest BCUT2D eigenvalue weighted by molar-refractivity contribution is -0.125. The van der Waals surface area contributed by atoms with E-state index in [0.29, 0.717) is 23.4 Å². The van der Waals surface area contributed by atoms with Gasteiger partial charge in [-0.05, 0) is 18.6 Å². The third kappa shape index (κ3) is 3.33. The molecule has 0 bridgehead atoms. The fourth-order valence-corrected chi connectivity index (χ4v) is 2.40. The Morgan fingerprint density at radius 3 is 3.09 bits per heavy atom. The monoisotopic (exact) mass is 314 g/mol. The van der Waals surface area contributed by atoms with Gasteiger partial charge in [0.05, 0.1) is 17.6 Å². The third-order valence-corrected chi connectivity index (χ3v) is 3.53. The van der Waals surface area contributed by atoms with Crippen LogP contribution in [0.5, 0.6) is 5.75 Å². The second-order valence-electron chi connectivity index (χ2n) is 5.33. The van der Waals surface area contributed by atoms with Crippen molar-refractivity contribution in [1.29, 1.82) is 0 Å². The van der Waals surface area contributed by atoms with E-state index in [-0.39, 0.29) is 11.7 Å². The zero-order valence-corrected chi connectivity index (χ0v) is 12.8. The SMILES string of the molecule is CCCn1cc(NC(=O)[C@H]2CC(c3ccccc3O)=NO2)cn1. The molecule has 0 spiro atoms. The number of phenols is 1. The maximum atomic E-state index is 12.2. The Morgan fingerprint density at radius 1 is 1.48 bits per heavy atom. The third-order valence-electron chi connectivity index (χ3n) is 3.53. The van der Waals surface area contributed by atoms with Crippen LogP contribution in [0, 0.1) is 0 Å². The molecule has 1 aliphatic rings. The summed E-state index contributed by atoms with van der Waals surface area (Å²) in [6.45, 7) is 2.86. The van der Waals surface area contributed by atoms with Crippen molar-refractivity contribution in [3.05, 3.63) is 42.2 Å². The summed E-state index contributed by atoms with van der Waals surface area (Å²) in [5.41, 5.74) is 1.77. The number of hydrogen-bond acceptors (Lipinski definition) is 5. The summed E-state index contributed by atoms with van der Waals surface area (Å²) in [6.07, 6.45) is 3.96. The minimum absolute atomic E-state index is 0.122. The first-order valence-electron chi connectivity index (χ1n) is 7.51. The minimum atomic E-state index is -0.709. The normalized spacial score (nSPS) is 16.7. The predicted octanol–water partition coefficient (Wildman–Crippen LogP) is 2.13. The van der Waals surface area contributed by atoms with Crippen molar-refractivity contribution in [2.24, 2.45) is 5.16 Å². The Balaban J connectivity index is 1.61. The van der Waals surface area contributed by atoms with Crippen LogP contribution in [0.4, 0.5) is 5.69 Å². The summed E-state index contributed by atoms with van der Waals surface area (Å²) in [6, 6.07) is 6.85. The van der Waals surface area contributed by atoms with Gasteiger partial charge in [-0.25, -0.2) is 0 Å². The highest BCUT2D eigenvalue weighted by Crippen LogP contribution is 2.24. The van der Waals surface area contributed by atoms with Crippen LogP contribution in [0.2, 0.25) is 0 Å². The van der Waals surface area contributed by atoms with Crippen molar-refractivity contribution < 1.29 is 14.7 Å². The van der Waals surface area contributed by atoms with Crippen molar-refractivity contribution in [3.63, 3.8) is 0 Å². The van der Waals surface area contributed by atoms with E-state index in [2.05, 4.69) is 22.5 Å². The van der Waals surface area contributed by atoms with E-state index in [0.717, 1.165) is 13.0 Å². The van der Waals surface area contributed by atoms with Crippen LogP contribution in [-0.4, -0.2) is 32.6 Å². The maximum absolute atomic E-state index is 12.2. The molecule has 1 aromatic carbocycles. The van der Waals surface area contributed by atoms with E-state index in [9.17, 15) is 9.90 Å². The first-order chi connectivity index (χ1) is 11.2. The lowest BCUT2D eigenvalue weighted by atomic mass is 10.0. The number of phenolic OH excluding ortho intramolecular Hbond substituents is 1. The Hall–Kier alpha value is -2.83. The molecule has 0 unspecified atom stereocenters. The molecule has 1 amide bonds.